The average molecular weight is 288 g/mol. The van der Waals surface area contributed by atoms with Crippen LogP contribution in [-0.4, -0.2) is 36.5 Å². The first-order valence-electron chi connectivity index (χ1n) is 7.11. The molecule has 0 radical (unpaired) electrons. The van der Waals surface area contributed by atoms with Crippen molar-refractivity contribution < 1.29 is 19.4 Å². The maximum absolute atomic E-state index is 12.1. The largest absolute Gasteiger partial charge is 0.394 e. The maximum atomic E-state index is 12.1. The second-order valence-electron chi connectivity index (χ2n) is 5.23. The molecule has 4 heteroatoms. The molecule has 0 amide bonds. The number of ketones is 2. The Morgan fingerprint density at radius 1 is 1.24 bits per heavy atom. The molecule has 21 heavy (non-hydrogen) atoms. The van der Waals surface area contributed by atoms with Crippen LogP contribution in [0.2, 0.25) is 0 Å². The number of benzene rings is 1. The summed E-state index contributed by atoms with van der Waals surface area (Å²) in [4.78, 5) is 24.1. The first-order valence-corrected chi connectivity index (χ1v) is 7.11. The molecule has 1 aromatic carbocycles. The molecule has 112 valence electrons. The minimum atomic E-state index is -0.380. The van der Waals surface area contributed by atoms with Gasteiger partial charge in [-0.2, -0.15) is 0 Å². The standard InChI is InChI=1S/C17H20O4/c1-12-14(9-13-5-3-2-4-6-13)15(11-21-8-7-18)17(20)10-16(12)19/h2-6,15,18H,7-11H2,1H3. The van der Waals surface area contributed by atoms with Crippen molar-refractivity contribution in [2.45, 2.75) is 19.8 Å². The van der Waals surface area contributed by atoms with Crippen LogP contribution in [0.4, 0.5) is 0 Å². The highest BCUT2D eigenvalue weighted by atomic mass is 16.5. The molecule has 1 aliphatic carbocycles. The fourth-order valence-corrected chi connectivity index (χ4v) is 2.58. The molecule has 1 aromatic rings. The zero-order chi connectivity index (χ0) is 15.2. The molecule has 1 unspecified atom stereocenters. The summed E-state index contributed by atoms with van der Waals surface area (Å²) in [7, 11) is 0. The Balaban J connectivity index is 2.23. The number of carbonyl (C=O) groups is 2. The van der Waals surface area contributed by atoms with Crippen molar-refractivity contribution in [3.8, 4) is 0 Å². The third kappa shape index (κ3) is 3.86. The van der Waals surface area contributed by atoms with Gasteiger partial charge in [0.25, 0.3) is 0 Å². The first kappa shape index (κ1) is 15.6. The van der Waals surface area contributed by atoms with E-state index in [9.17, 15) is 9.59 Å². The highest BCUT2D eigenvalue weighted by Gasteiger charge is 2.32. The Morgan fingerprint density at radius 3 is 2.62 bits per heavy atom. The van der Waals surface area contributed by atoms with Crippen molar-refractivity contribution in [1.82, 2.24) is 0 Å². The third-order valence-corrected chi connectivity index (χ3v) is 3.80. The molecular weight excluding hydrogens is 268 g/mol. The number of aliphatic hydroxyl groups excluding tert-OH is 1. The fourth-order valence-electron chi connectivity index (χ4n) is 2.58. The molecule has 0 bridgehead atoms. The van der Waals surface area contributed by atoms with Crippen LogP contribution < -0.4 is 0 Å². The summed E-state index contributed by atoms with van der Waals surface area (Å²) in [5.41, 5.74) is 2.60. The second kappa shape index (κ2) is 7.29. The maximum Gasteiger partial charge on any atom is 0.165 e. The summed E-state index contributed by atoms with van der Waals surface area (Å²) in [6.45, 7) is 2.14. The van der Waals surface area contributed by atoms with Crippen LogP contribution in [0.25, 0.3) is 0 Å². The van der Waals surface area contributed by atoms with Crippen molar-refractivity contribution in [1.29, 1.82) is 0 Å². The van der Waals surface area contributed by atoms with Crippen LogP contribution in [0.5, 0.6) is 0 Å². The van der Waals surface area contributed by atoms with Gasteiger partial charge in [-0.25, -0.2) is 0 Å². The van der Waals surface area contributed by atoms with Crippen LogP contribution in [0, 0.1) is 5.92 Å². The van der Waals surface area contributed by atoms with E-state index < -0.39 is 0 Å². The number of Topliss-reactive ketones (excluding diaryl/α,β-unsaturated/α-hetero) is 2. The van der Waals surface area contributed by atoms with Gasteiger partial charge < -0.3 is 9.84 Å². The molecule has 0 aromatic heterocycles. The van der Waals surface area contributed by atoms with Crippen LogP contribution >= 0.6 is 0 Å². The van der Waals surface area contributed by atoms with E-state index in [0.29, 0.717) is 12.0 Å². The van der Waals surface area contributed by atoms with Gasteiger partial charge in [0.15, 0.2) is 5.78 Å². The monoisotopic (exact) mass is 288 g/mol. The van der Waals surface area contributed by atoms with E-state index in [1.807, 2.05) is 30.3 Å². The normalized spacial score (nSPS) is 19.2. The van der Waals surface area contributed by atoms with Gasteiger partial charge in [0.1, 0.15) is 5.78 Å². The highest BCUT2D eigenvalue weighted by Crippen LogP contribution is 2.28. The van der Waals surface area contributed by atoms with Gasteiger partial charge in [0.2, 0.25) is 0 Å². The summed E-state index contributed by atoms with van der Waals surface area (Å²) >= 11 is 0. The van der Waals surface area contributed by atoms with E-state index in [1.165, 1.54) is 0 Å². The van der Waals surface area contributed by atoms with E-state index in [0.717, 1.165) is 11.1 Å². The van der Waals surface area contributed by atoms with Crippen LogP contribution in [0.1, 0.15) is 18.9 Å². The smallest absolute Gasteiger partial charge is 0.165 e. The predicted octanol–water partition coefficient (Wildman–Crippen LogP) is 1.71. The molecular formula is C17H20O4. The minimum Gasteiger partial charge on any atom is -0.394 e. The molecule has 0 heterocycles. The Bertz CT molecular complexity index is 545. The van der Waals surface area contributed by atoms with Crippen molar-refractivity contribution in [2.24, 2.45) is 5.92 Å². The topological polar surface area (TPSA) is 63.6 Å². The van der Waals surface area contributed by atoms with Gasteiger partial charge in [-0.05, 0) is 30.1 Å². The molecule has 0 spiro atoms. The predicted molar refractivity (Wildman–Crippen MR) is 78.9 cm³/mol. The lowest BCUT2D eigenvalue weighted by molar-refractivity contribution is -0.129. The molecule has 0 saturated heterocycles. The lowest BCUT2D eigenvalue weighted by Crippen LogP contribution is -2.32. The lowest BCUT2D eigenvalue weighted by atomic mass is 9.79. The van der Waals surface area contributed by atoms with Crippen molar-refractivity contribution in [3.05, 3.63) is 47.0 Å². The van der Waals surface area contributed by atoms with Gasteiger partial charge in [0.05, 0.1) is 32.2 Å². The molecule has 1 atom stereocenters. The molecule has 0 aliphatic heterocycles. The molecule has 1 aliphatic rings. The number of carbonyl (C=O) groups excluding carboxylic acids is 2. The summed E-state index contributed by atoms with van der Waals surface area (Å²) in [6, 6.07) is 9.78. The number of rotatable bonds is 6. The summed E-state index contributed by atoms with van der Waals surface area (Å²) < 4.78 is 5.33. The second-order valence-corrected chi connectivity index (χ2v) is 5.23. The zero-order valence-electron chi connectivity index (χ0n) is 12.2. The van der Waals surface area contributed by atoms with Crippen molar-refractivity contribution in [3.63, 3.8) is 0 Å². The van der Waals surface area contributed by atoms with E-state index in [4.69, 9.17) is 9.84 Å². The molecule has 1 N–H and O–H groups in total. The van der Waals surface area contributed by atoms with Gasteiger partial charge in [0, 0.05) is 0 Å². The number of allylic oxidation sites excluding steroid dienone is 1. The van der Waals surface area contributed by atoms with Gasteiger partial charge in [-0.3, -0.25) is 9.59 Å². The quantitative estimate of drug-likeness (QED) is 0.639. The number of aliphatic hydroxyl groups is 1. The molecule has 0 fully saturated rings. The molecule has 2 rings (SSSR count). The minimum absolute atomic E-state index is 0.0444. The average Bonchev–Trinajstić information content (AvgIpc) is 2.49. The number of hydrogen-bond acceptors (Lipinski definition) is 4. The molecule has 0 saturated carbocycles. The molecule has 4 nitrogen and oxygen atoms in total. The van der Waals surface area contributed by atoms with E-state index >= 15 is 0 Å². The van der Waals surface area contributed by atoms with Gasteiger partial charge in [-0.1, -0.05) is 30.3 Å². The van der Waals surface area contributed by atoms with Crippen molar-refractivity contribution >= 4 is 11.6 Å². The Hall–Kier alpha value is -1.78. The number of hydrogen-bond donors (Lipinski definition) is 1. The van der Waals surface area contributed by atoms with Crippen LogP contribution in [0.15, 0.2) is 41.5 Å². The van der Waals surface area contributed by atoms with Crippen molar-refractivity contribution in [2.75, 3.05) is 19.8 Å². The highest BCUT2D eigenvalue weighted by molar-refractivity contribution is 6.12. The number of ether oxygens (including phenoxy) is 1. The summed E-state index contributed by atoms with van der Waals surface area (Å²) in [6.07, 6.45) is 0.536. The van der Waals surface area contributed by atoms with Gasteiger partial charge in [-0.15, -0.1) is 0 Å². The summed E-state index contributed by atoms with van der Waals surface area (Å²) in [5, 5.41) is 8.78. The van der Waals surface area contributed by atoms with Crippen LogP contribution in [-0.2, 0) is 20.7 Å². The Kier molecular flexibility index (Phi) is 5.42. The SMILES string of the molecule is CC1=C(Cc2ccccc2)C(COCCO)C(=O)CC1=O. The lowest BCUT2D eigenvalue weighted by Gasteiger charge is -2.25. The Morgan fingerprint density at radius 2 is 1.95 bits per heavy atom. The van der Waals surface area contributed by atoms with Gasteiger partial charge >= 0.3 is 0 Å². The fraction of sp³-hybridized carbons (Fsp3) is 0.412. The van der Waals surface area contributed by atoms with E-state index in [1.54, 1.807) is 6.92 Å². The van der Waals surface area contributed by atoms with E-state index in [-0.39, 0.29) is 43.7 Å². The first-order chi connectivity index (χ1) is 10.1. The summed E-state index contributed by atoms with van der Waals surface area (Å²) in [5.74, 6) is -0.562. The third-order valence-electron chi connectivity index (χ3n) is 3.80. The Labute approximate surface area is 124 Å². The zero-order valence-corrected chi connectivity index (χ0v) is 12.2. The van der Waals surface area contributed by atoms with Crippen LogP contribution in [0.3, 0.4) is 0 Å². The van der Waals surface area contributed by atoms with E-state index in [2.05, 4.69) is 0 Å².